The van der Waals surface area contributed by atoms with E-state index in [9.17, 15) is 9.59 Å². The van der Waals surface area contributed by atoms with Crippen molar-refractivity contribution in [3.8, 4) is 12.3 Å². The van der Waals surface area contributed by atoms with Crippen LogP contribution in [0, 0.1) is 12.3 Å². The smallest absolute Gasteiger partial charge is 0.194 e. The maximum Gasteiger partial charge on any atom is 0.194 e. The zero-order valence-electron chi connectivity index (χ0n) is 9.44. The van der Waals surface area contributed by atoms with Gasteiger partial charge in [-0.25, -0.2) is 0 Å². The van der Waals surface area contributed by atoms with E-state index >= 15 is 0 Å². The Bertz CT molecular complexity index is 733. The van der Waals surface area contributed by atoms with Crippen LogP contribution in [-0.2, 0) is 0 Å². The highest BCUT2D eigenvalue weighted by atomic mass is 16.1. The van der Waals surface area contributed by atoms with Gasteiger partial charge in [-0.15, -0.1) is 6.42 Å². The highest BCUT2D eigenvalue weighted by Gasteiger charge is 2.28. The minimum atomic E-state index is -0.141. The number of terminal acetylenes is 1. The molecular weight excluding hydrogens is 224 g/mol. The van der Waals surface area contributed by atoms with Crippen LogP contribution in [0.2, 0.25) is 0 Å². The molecule has 2 aromatic rings. The molecule has 0 atom stereocenters. The lowest BCUT2D eigenvalue weighted by atomic mass is 9.83. The third-order valence-electron chi connectivity index (χ3n) is 3.09. The molecule has 0 aliphatic heterocycles. The number of carbonyl (C=O) groups is 2. The first-order valence-electron chi connectivity index (χ1n) is 5.51. The summed E-state index contributed by atoms with van der Waals surface area (Å²) in [6, 6.07) is 11.8. The normalized spacial score (nSPS) is 12.6. The Morgan fingerprint density at radius 3 is 1.94 bits per heavy atom. The largest absolute Gasteiger partial charge is 0.289 e. The fraction of sp³-hybridized carbons (Fsp3) is 0. The zero-order chi connectivity index (χ0) is 12.7. The van der Waals surface area contributed by atoms with Gasteiger partial charge in [0, 0.05) is 27.8 Å². The molecular formula is C16H8O2. The molecule has 1 aliphatic rings. The molecule has 0 heterocycles. The predicted molar refractivity (Wildman–Crippen MR) is 67.7 cm³/mol. The summed E-state index contributed by atoms with van der Waals surface area (Å²) >= 11 is 0. The molecule has 3 rings (SSSR count). The van der Waals surface area contributed by atoms with Crippen LogP contribution in [0.3, 0.4) is 0 Å². The maximum atomic E-state index is 12.3. The Balaban J connectivity index is 2.31. The summed E-state index contributed by atoms with van der Waals surface area (Å²) < 4.78 is 0. The van der Waals surface area contributed by atoms with E-state index in [1.54, 1.807) is 42.5 Å². The van der Waals surface area contributed by atoms with Crippen molar-refractivity contribution in [2.75, 3.05) is 0 Å². The van der Waals surface area contributed by atoms with E-state index in [1.807, 2.05) is 0 Å². The van der Waals surface area contributed by atoms with E-state index in [0.29, 0.717) is 27.8 Å². The number of ketones is 2. The Morgan fingerprint density at radius 1 is 0.778 bits per heavy atom. The first-order valence-corrected chi connectivity index (χ1v) is 5.51. The van der Waals surface area contributed by atoms with Crippen LogP contribution in [0.5, 0.6) is 0 Å². The maximum absolute atomic E-state index is 12.3. The van der Waals surface area contributed by atoms with Crippen LogP contribution in [0.1, 0.15) is 37.4 Å². The van der Waals surface area contributed by atoms with Crippen molar-refractivity contribution in [3.05, 3.63) is 70.3 Å². The number of rotatable bonds is 0. The number of fused-ring (bicyclic) bond motifs is 2. The third kappa shape index (κ3) is 1.31. The molecule has 0 fully saturated rings. The van der Waals surface area contributed by atoms with Crippen molar-refractivity contribution < 1.29 is 9.59 Å². The lowest BCUT2D eigenvalue weighted by molar-refractivity contribution is 0.0979. The van der Waals surface area contributed by atoms with E-state index in [4.69, 9.17) is 6.42 Å². The Kier molecular flexibility index (Phi) is 2.14. The monoisotopic (exact) mass is 232 g/mol. The van der Waals surface area contributed by atoms with E-state index in [2.05, 4.69) is 5.92 Å². The van der Waals surface area contributed by atoms with E-state index in [1.165, 1.54) is 0 Å². The first kappa shape index (κ1) is 10.5. The van der Waals surface area contributed by atoms with Crippen molar-refractivity contribution >= 4 is 11.6 Å². The standard InChI is InChI=1S/C16H8O2/c1-2-10-7-8-13-14(9-10)16(18)12-6-4-3-5-11(12)15(13)17/h1,3-9H. The molecule has 84 valence electrons. The SMILES string of the molecule is C#Cc1ccc2c(c1)C(=O)c1ccccc1C2=O. The average Bonchev–Trinajstić information content (AvgIpc) is 2.44. The van der Waals surface area contributed by atoms with Crippen molar-refractivity contribution in [1.82, 2.24) is 0 Å². The van der Waals surface area contributed by atoms with Crippen molar-refractivity contribution in [2.45, 2.75) is 0 Å². The second-order valence-electron chi connectivity index (χ2n) is 4.11. The van der Waals surface area contributed by atoms with Gasteiger partial charge in [-0.3, -0.25) is 9.59 Å². The van der Waals surface area contributed by atoms with Gasteiger partial charge in [0.2, 0.25) is 0 Å². The molecule has 0 saturated carbocycles. The highest BCUT2D eigenvalue weighted by molar-refractivity contribution is 6.28. The van der Waals surface area contributed by atoms with Gasteiger partial charge in [0.25, 0.3) is 0 Å². The van der Waals surface area contributed by atoms with Crippen molar-refractivity contribution in [3.63, 3.8) is 0 Å². The molecule has 0 saturated heterocycles. The summed E-state index contributed by atoms with van der Waals surface area (Å²) in [5.41, 5.74) is 2.34. The minimum absolute atomic E-state index is 0.122. The van der Waals surface area contributed by atoms with Crippen LogP contribution in [-0.4, -0.2) is 11.6 Å². The zero-order valence-corrected chi connectivity index (χ0v) is 9.44. The van der Waals surface area contributed by atoms with E-state index in [-0.39, 0.29) is 11.6 Å². The highest BCUT2D eigenvalue weighted by Crippen LogP contribution is 2.27. The van der Waals surface area contributed by atoms with Gasteiger partial charge in [-0.1, -0.05) is 30.2 Å². The summed E-state index contributed by atoms with van der Waals surface area (Å²) in [6.45, 7) is 0. The molecule has 18 heavy (non-hydrogen) atoms. The van der Waals surface area contributed by atoms with Gasteiger partial charge in [0.15, 0.2) is 11.6 Å². The average molecular weight is 232 g/mol. The Hall–Kier alpha value is -2.66. The lowest BCUT2D eigenvalue weighted by Gasteiger charge is -2.17. The number of hydrogen-bond donors (Lipinski definition) is 0. The summed E-state index contributed by atoms with van der Waals surface area (Å²) in [4.78, 5) is 24.6. The third-order valence-corrected chi connectivity index (χ3v) is 3.09. The molecule has 0 radical (unpaired) electrons. The molecule has 0 unspecified atom stereocenters. The first-order chi connectivity index (χ1) is 8.72. The molecule has 2 aromatic carbocycles. The second kappa shape index (κ2) is 3.68. The topological polar surface area (TPSA) is 34.1 Å². The molecule has 1 aliphatic carbocycles. The van der Waals surface area contributed by atoms with Gasteiger partial charge in [-0.2, -0.15) is 0 Å². The molecule has 0 amide bonds. The van der Waals surface area contributed by atoms with Crippen molar-refractivity contribution in [2.24, 2.45) is 0 Å². The minimum Gasteiger partial charge on any atom is -0.289 e. The lowest BCUT2D eigenvalue weighted by Crippen LogP contribution is -2.20. The number of carbonyl (C=O) groups excluding carboxylic acids is 2. The quantitative estimate of drug-likeness (QED) is 0.558. The second-order valence-corrected chi connectivity index (χ2v) is 4.11. The molecule has 0 bridgehead atoms. The van der Waals surface area contributed by atoms with Crippen LogP contribution in [0.4, 0.5) is 0 Å². The van der Waals surface area contributed by atoms with Gasteiger partial charge in [0.1, 0.15) is 0 Å². The van der Waals surface area contributed by atoms with Gasteiger partial charge in [-0.05, 0) is 18.2 Å². The van der Waals surface area contributed by atoms with Crippen LogP contribution < -0.4 is 0 Å². The Morgan fingerprint density at radius 2 is 1.33 bits per heavy atom. The van der Waals surface area contributed by atoms with Crippen LogP contribution in [0.15, 0.2) is 42.5 Å². The predicted octanol–water partition coefficient (Wildman–Crippen LogP) is 2.44. The van der Waals surface area contributed by atoms with Gasteiger partial charge in [0.05, 0.1) is 0 Å². The molecule has 0 aromatic heterocycles. The summed E-state index contributed by atoms with van der Waals surface area (Å²) in [5.74, 6) is 2.21. The molecule has 2 nitrogen and oxygen atoms in total. The molecule has 0 spiro atoms. The number of hydrogen-bond acceptors (Lipinski definition) is 2. The Labute approximate surface area is 104 Å². The molecule has 0 N–H and O–H groups in total. The van der Waals surface area contributed by atoms with E-state index < -0.39 is 0 Å². The summed E-state index contributed by atoms with van der Waals surface area (Å²) in [5, 5.41) is 0. The molecule has 2 heteroatoms. The summed E-state index contributed by atoms with van der Waals surface area (Å²) in [7, 11) is 0. The van der Waals surface area contributed by atoms with Crippen LogP contribution in [0.25, 0.3) is 0 Å². The fourth-order valence-electron chi connectivity index (χ4n) is 2.19. The van der Waals surface area contributed by atoms with E-state index in [0.717, 1.165) is 0 Å². The van der Waals surface area contributed by atoms with Crippen molar-refractivity contribution in [1.29, 1.82) is 0 Å². The van der Waals surface area contributed by atoms with Gasteiger partial charge < -0.3 is 0 Å². The number of benzene rings is 2. The summed E-state index contributed by atoms with van der Waals surface area (Å²) in [6.07, 6.45) is 5.31. The fourth-order valence-corrected chi connectivity index (χ4v) is 2.19. The van der Waals surface area contributed by atoms with Crippen LogP contribution >= 0.6 is 0 Å². The van der Waals surface area contributed by atoms with Gasteiger partial charge >= 0.3 is 0 Å².